The molecule has 0 aromatic rings. The Kier molecular flexibility index (Phi) is 3.18. The average molecular weight is 245 g/mol. The van der Waals surface area contributed by atoms with Crippen LogP contribution >= 0.6 is 0 Å². The van der Waals surface area contributed by atoms with Crippen molar-refractivity contribution < 1.29 is 30.3 Å². The van der Waals surface area contributed by atoms with Crippen molar-refractivity contribution >= 4 is 0 Å². The molecule has 3 heteroatoms. The maximum atomic E-state index is 12.5. The molecule has 0 aromatic carbocycles. The quantitative estimate of drug-likeness (QED) is 0.390. The topological polar surface area (TPSA) is 9.23 Å². The molecule has 9 heavy (non-hydrogen) atoms. The van der Waals surface area contributed by atoms with Gasteiger partial charge in [0, 0.05) is 0 Å². The zero-order valence-corrected chi connectivity index (χ0v) is 7.60. The first kappa shape index (κ1) is 7.72. The number of halogens is 2. The molecule has 56 valence electrons. The Morgan fingerprint density at radius 1 is 1.56 bits per heavy atom. The number of ether oxygens (including phenoxy) is 1. The molecule has 0 aliphatic carbocycles. The zero-order valence-electron chi connectivity index (χ0n) is 5.44. The summed E-state index contributed by atoms with van der Waals surface area (Å²) in [6, 6.07) is 0. The van der Waals surface area contributed by atoms with Gasteiger partial charge in [0.25, 0.3) is 0 Å². The monoisotopic (exact) mass is 245 g/mol. The van der Waals surface area contributed by atoms with Crippen LogP contribution in [0.3, 0.4) is 0 Å². The normalized spacial score (nSPS) is 37.6. The minimum absolute atomic E-state index is 0.186. The van der Waals surface area contributed by atoms with E-state index in [0.29, 0.717) is 6.10 Å². The first-order chi connectivity index (χ1) is 4.33. The average Bonchev–Trinajstić information content (AvgIpc) is 1.90. The molecular formula is C6H11FIO-. The summed E-state index contributed by atoms with van der Waals surface area (Å²) in [5.74, 6) is 0. The molecule has 0 N–H and O–H groups in total. The van der Waals surface area contributed by atoms with Crippen molar-refractivity contribution in [2.45, 2.75) is 23.1 Å². The molecule has 0 radical (unpaired) electrons. The fraction of sp³-hybridized carbons (Fsp3) is 1.00. The van der Waals surface area contributed by atoms with Crippen LogP contribution in [0.4, 0.5) is 4.39 Å². The minimum atomic E-state index is -0.449. The molecule has 0 amide bonds. The number of hydrogen-bond donors (Lipinski definition) is 0. The van der Waals surface area contributed by atoms with Crippen molar-refractivity contribution in [1.29, 1.82) is 0 Å². The number of hydrogen-bond acceptors (Lipinski definition) is 1. The molecule has 0 aromatic heterocycles. The van der Waals surface area contributed by atoms with Gasteiger partial charge < -0.3 is 0 Å². The van der Waals surface area contributed by atoms with Gasteiger partial charge >= 0.3 is 65.0 Å². The molecule has 0 saturated carbocycles. The van der Waals surface area contributed by atoms with E-state index in [9.17, 15) is 4.39 Å². The van der Waals surface area contributed by atoms with E-state index in [2.05, 4.69) is 0 Å². The van der Waals surface area contributed by atoms with E-state index in [1.54, 1.807) is 7.11 Å². The Morgan fingerprint density at radius 2 is 2.33 bits per heavy atom. The fourth-order valence-electron chi connectivity index (χ4n) is 0.843. The second kappa shape index (κ2) is 3.71. The molecule has 0 unspecified atom stereocenters. The van der Waals surface area contributed by atoms with Crippen LogP contribution in [-0.4, -0.2) is 21.8 Å². The van der Waals surface area contributed by atoms with Gasteiger partial charge in [0.05, 0.1) is 0 Å². The van der Waals surface area contributed by atoms with Crippen LogP contribution in [0.25, 0.3) is 0 Å². The van der Waals surface area contributed by atoms with Gasteiger partial charge in [-0.3, -0.25) is 0 Å². The number of alkyl halides is 3. The summed E-state index contributed by atoms with van der Waals surface area (Å²) in [6.45, 7) is 0. The predicted molar refractivity (Wildman–Crippen MR) is 29.8 cm³/mol. The molecule has 0 bridgehead atoms. The van der Waals surface area contributed by atoms with Gasteiger partial charge in [0.15, 0.2) is 0 Å². The van der Waals surface area contributed by atoms with Crippen LogP contribution in [-0.2, 0) is 4.74 Å². The first-order valence-corrected chi connectivity index (χ1v) is 5.84. The summed E-state index contributed by atoms with van der Waals surface area (Å²) < 4.78 is 18.1. The van der Waals surface area contributed by atoms with Gasteiger partial charge in [0.2, 0.25) is 0 Å². The van der Waals surface area contributed by atoms with Crippen molar-refractivity contribution in [2.24, 2.45) is 0 Å². The molecule has 1 fully saturated rings. The first-order valence-electron chi connectivity index (χ1n) is 3.07. The van der Waals surface area contributed by atoms with Gasteiger partial charge in [-0.2, -0.15) is 0 Å². The molecule has 1 heterocycles. The van der Waals surface area contributed by atoms with Gasteiger partial charge in [-0.15, -0.1) is 0 Å². The second-order valence-electron chi connectivity index (χ2n) is 2.13. The summed E-state index contributed by atoms with van der Waals surface area (Å²) in [5.41, 5.74) is 0. The van der Waals surface area contributed by atoms with Crippen molar-refractivity contribution in [3.8, 4) is 0 Å². The van der Waals surface area contributed by atoms with E-state index < -0.39 is 4.18 Å². The number of rotatable bonds is 1. The third kappa shape index (κ3) is 2.37. The zero-order chi connectivity index (χ0) is 6.69. The van der Waals surface area contributed by atoms with Crippen LogP contribution in [0.2, 0.25) is 0 Å². The van der Waals surface area contributed by atoms with Crippen LogP contribution < -0.4 is 21.2 Å². The van der Waals surface area contributed by atoms with E-state index in [1.165, 1.54) is 0 Å². The molecule has 1 aliphatic rings. The molecule has 1 rings (SSSR count). The Hall–Kier alpha value is 0.620. The molecule has 0 spiro atoms. The molecule has 1 nitrogen and oxygen atoms in total. The second-order valence-corrected chi connectivity index (χ2v) is 5.25. The molecule has 2 atom stereocenters. The summed E-state index contributed by atoms with van der Waals surface area (Å²) in [4.78, 5) is 0. The van der Waals surface area contributed by atoms with Gasteiger partial charge in [-0.1, -0.05) is 0 Å². The Morgan fingerprint density at radius 3 is 2.78 bits per heavy atom. The van der Waals surface area contributed by atoms with Crippen molar-refractivity contribution in [1.82, 2.24) is 0 Å². The van der Waals surface area contributed by atoms with Crippen molar-refractivity contribution in [3.05, 3.63) is 0 Å². The van der Waals surface area contributed by atoms with Gasteiger partial charge in [-0.25, -0.2) is 0 Å². The summed E-state index contributed by atoms with van der Waals surface area (Å²) in [7, 11) is 1.72. The van der Waals surface area contributed by atoms with E-state index in [1.807, 2.05) is 0 Å². The fourth-order valence-corrected chi connectivity index (χ4v) is 3.56. The summed E-state index contributed by atoms with van der Waals surface area (Å²) in [6.07, 6.45) is 2.05. The number of methoxy groups -OCH3 is 1. The Labute approximate surface area is 65.2 Å². The summed E-state index contributed by atoms with van der Waals surface area (Å²) in [5, 5.41) is 0. The van der Waals surface area contributed by atoms with Gasteiger partial charge in [-0.05, 0) is 0 Å². The Balaban J connectivity index is 2.18. The van der Waals surface area contributed by atoms with Crippen molar-refractivity contribution in [2.75, 3.05) is 11.5 Å². The van der Waals surface area contributed by atoms with E-state index in [4.69, 9.17) is 4.74 Å². The summed E-state index contributed by atoms with van der Waals surface area (Å²) >= 11 is -0.186. The van der Waals surface area contributed by atoms with Crippen LogP contribution in [0.5, 0.6) is 0 Å². The van der Waals surface area contributed by atoms with Gasteiger partial charge in [0.1, 0.15) is 0 Å². The van der Waals surface area contributed by atoms with E-state index in [-0.39, 0.29) is 21.2 Å². The SMILES string of the molecule is CO[C@@H]1CC[C@H](F)[I-]C1. The standard InChI is InChI=1S/C6H11FIO/c1-9-5-2-3-6(7)8-4-5/h5-6H,2-4H2,1H3/q-1/t5-,6-/m1/s1. The predicted octanol–water partition coefficient (Wildman–Crippen LogP) is -1.82. The van der Waals surface area contributed by atoms with Crippen LogP contribution in [0, 0.1) is 0 Å². The third-order valence-electron chi connectivity index (χ3n) is 1.47. The van der Waals surface area contributed by atoms with E-state index in [0.717, 1.165) is 17.3 Å². The van der Waals surface area contributed by atoms with Crippen molar-refractivity contribution in [3.63, 3.8) is 0 Å². The van der Waals surface area contributed by atoms with Crippen LogP contribution in [0.15, 0.2) is 0 Å². The molecular weight excluding hydrogens is 234 g/mol. The third-order valence-corrected chi connectivity index (χ3v) is 4.54. The van der Waals surface area contributed by atoms with Crippen LogP contribution in [0.1, 0.15) is 12.8 Å². The molecule has 1 aliphatic heterocycles. The van der Waals surface area contributed by atoms with E-state index >= 15 is 0 Å². The Bertz CT molecular complexity index is 81.1. The molecule has 1 saturated heterocycles. The maximum absolute atomic E-state index is 12.5.